The van der Waals surface area contributed by atoms with Crippen molar-refractivity contribution in [1.82, 2.24) is 4.57 Å². The number of halogens is 3. The van der Waals surface area contributed by atoms with Gasteiger partial charge >= 0.3 is 6.36 Å². The van der Waals surface area contributed by atoms with Gasteiger partial charge in [-0.3, -0.25) is 4.79 Å². The summed E-state index contributed by atoms with van der Waals surface area (Å²) in [4.78, 5) is 13.4. The van der Waals surface area contributed by atoms with E-state index in [9.17, 15) is 18.0 Å². The number of benzene rings is 3. The number of alkyl halides is 3. The van der Waals surface area contributed by atoms with Crippen molar-refractivity contribution >= 4 is 16.7 Å². The molecule has 0 fully saturated rings. The summed E-state index contributed by atoms with van der Waals surface area (Å²) in [5, 5.41) is 0.550. The van der Waals surface area contributed by atoms with Gasteiger partial charge < -0.3 is 14.0 Å². The van der Waals surface area contributed by atoms with Crippen molar-refractivity contribution < 1.29 is 27.4 Å². The van der Waals surface area contributed by atoms with Crippen LogP contribution in [-0.4, -0.2) is 23.8 Å². The maximum atomic E-state index is 13.4. The molecule has 4 nitrogen and oxygen atoms in total. The molecule has 1 heterocycles. The molecule has 0 spiro atoms. The fourth-order valence-electron chi connectivity index (χ4n) is 3.73. The minimum absolute atomic E-state index is 0.226. The van der Waals surface area contributed by atoms with Crippen molar-refractivity contribution in [3.05, 3.63) is 95.2 Å². The number of nitrogens with zero attached hydrogens (tertiary/aromatic N) is 1. The van der Waals surface area contributed by atoms with Crippen molar-refractivity contribution in [3.8, 4) is 11.5 Å². The zero-order valence-electron chi connectivity index (χ0n) is 17.4. The highest BCUT2D eigenvalue weighted by Gasteiger charge is 2.31. The van der Waals surface area contributed by atoms with Crippen LogP contribution in [0.2, 0.25) is 0 Å². The van der Waals surface area contributed by atoms with Gasteiger partial charge in [0.15, 0.2) is 5.78 Å². The Hall–Kier alpha value is -3.74. The van der Waals surface area contributed by atoms with E-state index in [0.717, 1.165) is 5.56 Å². The first-order valence-electron chi connectivity index (χ1n) is 9.80. The van der Waals surface area contributed by atoms with E-state index >= 15 is 0 Å². The second-order valence-electron chi connectivity index (χ2n) is 7.22. The Morgan fingerprint density at radius 3 is 2.38 bits per heavy atom. The number of carbonyl (C=O) groups is 1. The Morgan fingerprint density at radius 1 is 1.03 bits per heavy atom. The minimum Gasteiger partial charge on any atom is -0.497 e. The van der Waals surface area contributed by atoms with Crippen LogP contribution in [-0.2, 0) is 6.54 Å². The molecule has 4 rings (SSSR count). The van der Waals surface area contributed by atoms with Crippen LogP contribution in [0.5, 0.6) is 11.5 Å². The molecule has 0 saturated carbocycles. The Balaban J connectivity index is 1.86. The van der Waals surface area contributed by atoms with Gasteiger partial charge in [0.25, 0.3) is 0 Å². The molecule has 0 aliphatic heterocycles. The van der Waals surface area contributed by atoms with Crippen LogP contribution in [0.3, 0.4) is 0 Å². The summed E-state index contributed by atoms with van der Waals surface area (Å²) >= 11 is 0. The summed E-state index contributed by atoms with van der Waals surface area (Å²) in [6.45, 7) is 2.12. The molecule has 163 valence electrons. The molecular formula is C25H19F3NO3. The number of ether oxygens (including phenoxy) is 2. The number of hydrogen-bond donors (Lipinski definition) is 0. The summed E-state index contributed by atoms with van der Waals surface area (Å²) in [7, 11) is 1.54. The second-order valence-corrected chi connectivity index (χ2v) is 7.22. The highest BCUT2D eigenvalue weighted by atomic mass is 19.4. The van der Waals surface area contributed by atoms with Gasteiger partial charge in [0.1, 0.15) is 11.5 Å². The second kappa shape index (κ2) is 8.42. The Bertz CT molecular complexity index is 1260. The zero-order valence-corrected chi connectivity index (χ0v) is 17.4. The highest BCUT2D eigenvalue weighted by Crippen LogP contribution is 2.33. The van der Waals surface area contributed by atoms with Crippen molar-refractivity contribution in [2.45, 2.75) is 19.8 Å². The van der Waals surface area contributed by atoms with E-state index in [1.54, 1.807) is 41.8 Å². The Kier molecular flexibility index (Phi) is 5.65. The molecule has 0 aliphatic carbocycles. The van der Waals surface area contributed by atoms with Crippen molar-refractivity contribution in [2.75, 3.05) is 7.11 Å². The van der Waals surface area contributed by atoms with Crippen LogP contribution in [0.15, 0.2) is 66.7 Å². The summed E-state index contributed by atoms with van der Waals surface area (Å²) in [6, 6.07) is 21.2. The number of rotatable bonds is 6. The van der Waals surface area contributed by atoms with Gasteiger partial charge in [-0.15, -0.1) is 13.2 Å². The molecule has 0 saturated heterocycles. The lowest BCUT2D eigenvalue weighted by Gasteiger charge is -2.11. The van der Waals surface area contributed by atoms with Crippen molar-refractivity contribution in [3.63, 3.8) is 0 Å². The number of methoxy groups -OCH3 is 1. The van der Waals surface area contributed by atoms with Crippen LogP contribution in [0.4, 0.5) is 13.2 Å². The monoisotopic (exact) mass is 438 g/mol. The van der Waals surface area contributed by atoms with Crippen molar-refractivity contribution in [1.29, 1.82) is 0 Å². The molecule has 1 aromatic heterocycles. The van der Waals surface area contributed by atoms with Crippen LogP contribution < -0.4 is 9.47 Å². The van der Waals surface area contributed by atoms with Crippen LogP contribution in [0.1, 0.15) is 27.2 Å². The number of fused-ring (bicyclic) bond motifs is 1. The molecule has 0 unspecified atom stereocenters. The van der Waals surface area contributed by atoms with Gasteiger partial charge in [-0.25, -0.2) is 0 Å². The zero-order chi connectivity index (χ0) is 22.9. The number of ketones is 1. The first-order chi connectivity index (χ1) is 15.3. The van der Waals surface area contributed by atoms with Crippen molar-refractivity contribution in [2.24, 2.45) is 0 Å². The van der Waals surface area contributed by atoms with E-state index < -0.39 is 6.36 Å². The summed E-state index contributed by atoms with van der Waals surface area (Å²) in [6.07, 6.45) is -4.81. The van der Waals surface area contributed by atoms with E-state index in [-0.39, 0.29) is 11.5 Å². The first kappa shape index (κ1) is 21.5. The molecular weight excluding hydrogens is 419 g/mol. The molecule has 7 heteroatoms. The van der Waals surface area contributed by atoms with Gasteiger partial charge in [-0.05, 0) is 55.0 Å². The highest BCUT2D eigenvalue weighted by molar-refractivity contribution is 6.17. The lowest BCUT2D eigenvalue weighted by atomic mass is 10.0. The third-order valence-electron chi connectivity index (χ3n) is 5.21. The topological polar surface area (TPSA) is 40.5 Å². The summed E-state index contributed by atoms with van der Waals surface area (Å²) in [5.74, 6) is 0.0499. The predicted molar refractivity (Wildman–Crippen MR) is 114 cm³/mol. The summed E-state index contributed by atoms with van der Waals surface area (Å²) < 4.78 is 49.4. The fourth-order valence-corrected chi connectivity index (χ4v) is 3.73. The Morgan fingerprint density at radius 2 is 1.75 bits per heavy atom. The molecule has 4 aromatic rings. The third-order valence-corrected chi connectivity index (χ3v) is 5.21. The maximum Gasteiger partial charge on any atom is 0.573 e. The minimum atomic E-state index is -4.81. The van der Waals surface area contributed by atoms with Gasteiger partial charge in [-0.2, -0.15) is 0 Å². The molecule has 0 N–H and O–H groups in total. The maximum absolute atomic E-state index is 13.4. The largest absolute Gasteiger partial charge is 0.573 e. The number of hydrogen-bond acceptors (Lipinski definition) is 3. The van der Waals surface area contributed by atoms with E-state index in [4.69, 9.17) is 4.74 Å². The standard InChI is InChI=1S/C25H19F3NO3/c1-16-23(24(30)18-8-10-19(31-2)11-9-18)21-13-12-20(32-25(26,27)28)14-22(21)29(16)15-17-6-4-3-5-7-17/h3-6,8-14H,15H2,1-2H3. The Labute approximate surface area is 182 Å². The molecule has 3 aromatic carbocycles. The lowest BCUT2D eigenvalue weighted by Crippen LogP contribution is -2.17. The molecule has 32 heavy (non-hydrogen) atoms. The number of carbonyl (C=O) groups excluding carboxylic acids is 1. The van der Waals surface area contributed by atoms with Crippen LogP contribution >= 0.6 is 0 Å². The SMILES string of the molecule is COc1ccc(C(=O)c2c(C)n(Cc3[c]cccc3)c3cc(OC(F)(F)F)ccc23)cc1. The average molecular weight is 438 g/mol. The third kappa shape index (κ3) is 4.32. The normalized spacial score (nSPS) is 11.5. The fraction of sp³-hybridized carbons (Fsp3) is 0.160. The molecule has 0 bridgehead atoms. The van der Waals surface area contributed by atoms with E-state index in [1.165, 1.54) is 25.3 Å². The van der Waals surface area contributed by atoms with Crippen LogP contribution in [0, 0.1) is 13.0 Å². The molecule has 1 radical (unpaired) electrons. The van der Waals surface area contributed by atoms with E-state index in [1.807, 2.05) is 18.2 Å². The van der Waals surface area contributed by atoms with E-state index in [0.29, 0.717) is 40.0 Å². The van der Waals surface area contributed by atoms with Gasteiger partial charge in [-0.1, -0.05) is 24.3 Å². The summed E-state index contributed by atoms with van der Waals surface area (Å²) in [5.41, 5.74) is 2.83. The predicted octanol–water partition coefficient (Wildman–Crippen LogP) is 5.94. The van der Waals surface area contributed by atoms with Gasteiger partial charge in [0, 0.05) is 29.3 Å². The molecule has 0 atom stereocenters. The quantitative estimate of drug-likeness (QED) is 0.350. The number of aromatic nitrogens is 1. The molecule has 0 amide bonds. The lowest BCUT2D eigenvalue weighted by molar-refractivity contribution is -0.274. The van der Waals surface area contributed by atoms with Gasteiger partial charge in [0.2, 0.25) is 0 Å². The molecule has 0 aliphatic rings. The first-order valence-corrected chi connectivity index (χ1v) is 9.80. The van der Waals surface area contributed by atoms with Crippen LogP contribution in [0.25, 0.3) is 10.9 Å². The average Bonchev–Trinajstić information content (AvgIpc) is 3.04. The van der Waals surface area contributed by atoms with Gasteiger partial charge in [0.05, 0.1) is 18.2 Å². The smallest absolute Gasteiger partial charge is 0.497 e. The van der Waals surface area contributed by atoms with E-state index in [2.05, 4.69) is 10.8 Å².